The van der Waals surface area contributed by atoms with Crippen LogP contribution in [0.25, 0.3) is 0 Å². The number of ether oxygens (including phenoxy) is 1. The molecule has 4 aliphatic heterocycles. The van der Waals surface area contributed by atoms with Gasteiger partial charge in [0.15, 0.2) is 0 Å². The van der Waals surface area contributed by atoms with Crippen LogP contribution in [0.2, 0.25) is 10.3 Å². The van der Waals surface area contributed by atoms with Gasteiger partial charge >= 0.3 is 26.5 Å². The molecule has 0 saturated carbocycles. The van der Waals surface area contributed by atoms with Gasteiger partial charge in [-0.05, 0) is 110 Å². The zero-order valence-electron chi connectivity index (χ0n) is 36.3. The third-order valence-corrected chi connectivity index (χ3v) is 14.3. The fraction of sp³-hybridized carbons (Fsp3) is 0.667. The van der Waals surface area contributed by atoms with Gasteiger partial charge in [-0.3, -0.25) is 9.59 Å². The molecule has 0 aliphatic carbocycles. The number of hydrogen-bond acceptors (Lipinski definition) is 13. The van der Waals surface area contributed by atoms with E-state index in [1.165, 1.54) is 28.6 Å². The molecular weight excluding hydrogens is 872 g/mol. The minimum absolute atomic E-state index is 0.0320. The summed E-state index contributed by atoms with van der Waals surface area (Å²) in [6.07, 6.45) is 2.21. The van der Waals surface area contributed by atoms with Gasteiger partial charge in [0.05, 0.1) is 11.1 Å². The molecule has 4 atom stereocenters. The summed E-state index contributed by atoms with van der Waals surface area (Å²) in [6, 6.07) is 5.34. The Bertz CT molecular complexity index is 2210. The Labute approximate surface area is 370 Å². The lowest BCUT2D eigenvalue weighted by atomic mass is 9.97. The summed E-state index contributed by atoms with van der Waals surface area (Å²) >= 11 is 12.2. The van der Waals surface area contributed by atoms with E-state index in [4.69, 9.17) is 33.7 Å². The molecule has 5 N–H and O–H groups in total. The van der Waals surface area contributed by atoms with Gasteiger partial charge in [0.2, 0.25) is 0 Å². The van der Waals surface area contributed by atoms with Crippen molar-refractivity contribution in [2.24, 2.45) is 17.6 Å². The maximum absolute atomic E-state index is 13.1. The number of halogens is 2. The van der Waals surface area contributed by atoms with Crippen LogP contribution in [0.4, 0.5) is 16.4 Å². The Morgan fingerprint density at radius 2 is 1.16 bits per heavy atom. The molecule has 3 amide bonds. The lowest BCUT2D eigenvalue weighted by Crippen LogP contribution is -2.46. The lowest BCUT2D eigenvalue weighted by Gasteiger charge is -2.33. The molecule has 61 heavy (non-hydrogen) atoms. The third kappa shape index (κ3) is 12.1. The molecule has 0 radical (unpaired) electrons. The second kappa shape index (κ2) is 18.3. The average Bonchev–Trinajstić information content (AvgIpc) is 3.89. The minimum Gasteiger partial charge on any atom is -0.444 e. The van der Waals surface area contributed by atoms with Crippen LogP contribution < -0.4 is 30.3 Å². The molecule has 4 saturated heterocycles. The van der Waals surface area contributed by atoms with Crippen molar-refractivity contribution in [1.82, 2.24) is 33.3 Å². The van der Waals surface area contributed by atoms with Crippen molar-refractivity contribution in [2.45, 2.75) is 117 Å². The van der Waals surface area contributed by atoms with Gasteiger partial charge in [0.1, 0.15) is 27.5 Å². The fourth-order valence-corrected chi connectivity index (χ4v) is 11.2. The van der Waals surface area contributed by atoms with E-state index in [0.717, 1.165) is 17.1 Å². The highest BCUT2D eigenvalue weighted by Crippen LogP contribution is 2.39. The van der Waals surface area contributed by atoms with Crippen LogP contribution in [0.1, 0.15) is 109 Å². The normalized spacial score (nSPS) is 24.3. The van der Waals surface area contributed by atoms with Gasteiger partial charge in [0.25, 0.3) is 11.8 Å². The summed E-state index contributed by atoms with van der Waals surface area (Å²) < 4.78 is 62.8. The second-order valence-electron chi connectivity index (χ2n) is 18.7. The fourth-order valence-electron chi connectivity index (χ4n) is 8.52. The summed E-state index contributed by atoms with van der Waals surface area (Å²) in [4.78, 5) is 50.7. The van der Waals surface area contributed by atoms with Gasteiger partial charge < -0.3 is 25.6 Å². The van der Waals surface area contributed by atoms with E-state index in [-0.39, 0.29) is 58.2 Å². The highest BCUT2D eigenvalue weighted by Gasteiger charge is 2.42. The Morgan fingerprint density at radius 1 is 0.738 bits per heavy atom. The molecule has 4 aliphatic rings. The number of amides is 3. The first-order valence-corrected chi connectivity index (χ1v) is 24.0. The SMILES string of the molecule is C[C@@H]1CN(c2nc(Cl)ccc2C(=O)NS(=O)(=O)N2CC[C@H](N)C2)C(C)(C)C1.C[C@@H]1CN(c2nc(Cl)ccc2C(=O)NS(=O)(=O)N2CC[C@H](NC(=O)OC(C)(C)C)C2)C(C)(C)C1. The number of rotatable bonds is 9. The molecule has 0 spiro atoms. The molecule has 2 aromatic heterocycles. The second-order valence-corrected chi connectivity index (χ2v) is 22.9. The molecule has 6 rings (SSSR count). The molecule has 6 heterocycles. The maximum atomic E-state index is 13.1. The van der Waals surface area contributed by atoms with Crippen molar-refractivity contribution in [2.75, 3.05) is 49.1 Å². The first-order valence-electron chi connectivity index (χ1n) is 20.3. The average molecular weight is 932 g/mol. The lowest BCUT2D eigenvalue weighted by molar-refractivity contribution is 0.0506. The predicted octanol–water partition coefficient (Wildman–Crippen LogP) is 4.30. The van der Waals surface area contributed by atoms with Crippen molar-refractivity contribution >= 4 is 73.2 Å². The number of carbonyl (C=O) groups is 3. The van der Waals surface area contributed by atoms with Crippen molar-refractivity contribution in [1.29, 1.82) is 0 Å². The Morgan fingerprint density at radius 3 is 1.54 bits per heavy atom. The van der Waals surface area contributed by atoms with Crippen LogP contribution in [0.5, 0.6) is 0 Å². The number of nitrogens with zero attached hydrogens (tertiary/aromatic N) is 6. The van der Waals surface area contributed by atoms with Crippen LogP contribution in [0, 0.1) is 11.8 Å². The van der Waals surface area contributed by atoms with E-state index in [1.54, 1.807) is 20.8 Å². The highest BCUT2D eigenvalue weighted by molar-refractivity contribution is 7.88. The molecule has 0 bridgehead atoms. The van der Waals surface area contributed by atoms with E-state index < -0.39 is 50.0 Å². The maximum Gasteiger partial charge on any atom is 0.407 e. The number of anilines is 2. The number of hydrogen-bond donors (Lipinski definition) is 4. The number of nitrogens with two attached hydrogens (primary N) is 1. The van der Waals surface area contributed by atoms with E-state index in [9.17, 15) is 31.2 Å². The number of nitrogens with one attached hydrogen (secondary N) is 3. The Kier molecular flexibility index (Phi) is 14.5. The molecular formula is C39H60Cl2N10O8S2. The first kappa shape index (κ1) is 48.5. The van der Waals surface area contributed by atoms with Crippen LogP contribution in [-0.4, -0.2) is 121 Å². The van der Waals surface area contributed by atoms with Crippen LogP contribution in [-0.2, 0) is 25.2 Å². The van der Waals surface area contributed by atoms with Gasteiger partial charge in [-0.2, -0.15) is 25.4 Å². The van der Waals surface area contributed by atoms with Crippen molar-refractivity contribution in [3.8, 4) is 0 Å². The molecule has 4 fully saturated rings. The summed E-state index contributed by atoms with van der Waals surface area (Å²) in [5.74, 6) is 0.0760. The largest absolute Gasteiger partial charge is 0.444 e. The van der Waals surface area contributed by atoms with E-state index in [0.29, 0.717) is 55.9 Å². The molecule has 2 aromatic rings. The van der Waals surface area contributed by atoms with Crippen molar-refractivity contribution < 1.29 is 36.0 Å². The van der Waals surface area contributed by atoms with Crippen LogP contribution in [0.3, 0.4) is 0 Å². The number of aromatic nitrogens is 2. The standard InChI is InChI=1S/C22H34ClN5O5S.C17H26ClN5O3S/c1-14-11-22(5,6)28(12-14)18-16(7-8-17(23)25-18)19(29)26-34(31,32)27-10-9-15(13-27)24-20(30)33-21(2,3)4;1-11-8-17(2,3)23(9-11)15-13(4-5-14(18)20-15)16(24)21-27(25,26)22-7-6-12(19)10-22/h7-8,14-15H,9-13H2,1-6H3,(H,24,30)(H,26,29);4-5,11-12H,6-10,19H2,1-3H3,(H,21,24)/t14-,15-;11-,12-/m00/s1. The van der Waals surface area contributed by atoms with E-state index in [1.807, 2.05) is 9.80 Å². The number of pyridine rings is 2. The minimum atomic E-state index is -4.14. The van der Waals surface area contributed by atoms with Gasteiger partial charge in [-0.15, -0.1) is 0 Å². The molecule has 18 nitrogen and oxygen atoms in total. The summed E-state index contributed by atoms with van der Waals surface area (Å²) in [7, 11) is -8.09. The van der Waals surface area contributed by atoms with E-state index in [2.05, 4.69) is 66.3 Å². The zero-order chi connectivity index (χ0) is 45.5. The Hall–Kier alpha value is -3.53. The van der Waals surface area contributed by atoms with E-state index >= 15 is 0 Å². The van der Waals surface area contributed by atoms with Gasteiger partial charge in [-0.25, -0.2) is 24.2 Å². The van der Waals surface area contributed by atoms with Gasteiger partial charge in [0, 0.05) is 62.4 Å². The molecule has 340 valence electrons. The highest BCUT2D eigenvalue weighted by atomic mass is 35.5. The first-order chi connectivity index (χ1) is 28.1. The predicted molar refractivity (Wildman–Crippen MR) is 235 cm³/mol. The topological polar surface area (TPSA) is 230 Å². The number of carbonyl (C=O) groups excluding carboxylic acids is 3. The van der Waals surface area contributed by atoms with Crippen molar-refractivity contribution in [3.63, 3.8) is 0 Å². The molecule has 0 unspecified atom stereocenters. The smallest absolute Gasteiger partial charge is 0.407 e. The van der Waals surface area contributed by atoms with Gasteiger partial charge in [-0.1, -0.05) is 37.0 Å². The number of alkyl carbamates (subject to hydrolysis) is 1. The molecule has 0 aromatic carbocycles. The zero-order valence-corrected chi connectivity index (χ0v) is 39.4. The Balaban J connectivity index is 0.000000237. The monoisotopic (exact) mass is 930 g/mol. The van der Waals surface area contributed by atoms with Crippen molar-refractivity contribution in [3.05, 3.63) is 45.7 Å². The summed E-state index contributed by atoms with van der Waals surface area (Å²) in [6.45, 7) is 19.8. The van der Waals surface area contributed by atoms with Crippen LogP contribution >= 0.6 is 23.2 Å². The summed E-state index contributed by atoms with van der Waals surface area (Å²) in [5.41, 5.74) is 4.97. The third-order valence-electron chi connectivity index (χ3n) is 11.0. The summed E-state index contributed by atoms with van der Waals surface area (Å²) in [5, 5.41) is 3.15. The quantitative estimate of drug-likeness (QED) is 0.258. The van der Waals surface area contributed by atoms with Crippen LogP contribution in [0.15, 0.2) is 24.3 Å². The molecule has 22 heteroatoms.